The first-order valence-electron chi connectivity index (χ1n) is 4.99. The van der Waals surface area contributed by atoms with Crippen molar-refractivity contribution < 1.29 is 13.2 Å². The molecule has 0 fully saturated rings. The van der Waals surface area contributed by atoms with Crippen LogP contribution in [0.1, 0.15) is 36.7 Å². The van der Waals surface area contributed by atoms with Gasteiger partial charge in [0.1, 0.15) is 5.69 Å². The summed E-state index contributed by atoms with van der Waals surface area (Å²) >= 11 is 0. The SMILES string of the molecule is CCCCc1ccc(C(F)(F)F)nc1C. The first-order chi connectivity index (χ1) is 6.95. The third-order valence-corrected chi connectivity index (χ3v) is 2.29. The molecule has 1 rings (SSSR count). The summed E-state index contributed by atoms with van der Waals surface area (Å²) in [4.78, 5) is 3.57. The van der Waals surface area contributed by atoms with E-state index in [-0.39, 0.29) is 0 Å². The van der Waals surface area contributed by atoms with Crippen LogP contribution in [0.25, 0.3) is 0 Å². The topological polar surface area (TPSA) is 12.9 Å². The summed E-state index contributed by atoms with van der Waals surface area (Å²) in [5.74, 6) is 0. The molecule has 0 spiro atoms. The average Bonchev–Trinajstić information content (AvgIpc) is 2.14. The van der Waals surface area contributed by atoms with Crippen molar-refractivity contribution in [1.29, 1.82) is 0 Å². The number of aromatic nitrogens is 1. The lowest BCUT2D eigenvalue weighted by Gasteiger charge is -2.09. The number of pyridine rings is 1. The van der Waals surface area contributed by atoms with Crippen LogP contribution in [0.4, 0.5) is 13.2 Å². The second-order valence-electron chi connectivity index (χ2n) is 3.54. The van der Waals surface area contributed by atoms with Gasteiger partial charge in [-0.2, -0.15) is 13.2 Å². The maximum absolute atomic E-state index is 12.3. The summed E-state index contributed by atoms with van der Waals surface area (Å²) in [7, 11) is 0. The predicted octanol–water partition coefficient (Wildman–Crippen LogP) is 3.75. The Hall–Kier alpha value is -1.06. The van der Waals surface area contributed by atoms with E-state index in [0.29, 0.717) is 5.69 Å². The predicted molar refractivity (Wildman–Crippen MR) is 52.6 cm³/mol. The third kappa shape index (κ3) is 3.22. The number of nitrogens with zero attached hydrogens (tertiary/aromatic N) is 1. The molecule has 0 saturated heterocycles. The van der Waals surface area contributed by atoms with Crippen LogP contribution in [0.2, 0.25) is 0 Å². The molecule has 0 aliphatic rings. The summed E-state index contributed by atoms with van der Waals surface area (Å²) in [6.07, 6.45) is -1.53. The maximum Gasteiger partial charge on any atom is 0.433 e. The molecular weight excluding hydrogens is 203 g/mol. The molecule has 0 N–H and O–H groups in total. The highest BCUT2D eigenvalue weighted by Crippen LogP contribution is 2.28. The Morgan fingerprint density at radius 2 is 1.93 bits per heavy atom. The van der Waals surface area contributed by atoms with Gasteiger partial charge in [0.2, 0.25) is 0 Å². The van der Waals surface area contributed by atoms with Crippen molar-refractivity contribution in [3.8, 4) is 0 Å². The fourth-order valence-electron chi connectivity index (χ4n) is 1.38. The molecule has 0 amide bonds. The van der Waals surface area contributed by atoms with E-state index in [2.05, 4.69) is 4.98 Å². The zero-order valence-electron chi connectivity index (χ0n) is 8.86. The molecule has 15 heavy (non-hydrogen) atoms. The lowest BCUT2D eigenvalue weighted by Crippen LogP contribution is -2.09. The molecule has 1 heterocycles. The Labute approximate surface area is 87.3 Å². The fraction of sp³-hybridized carbons (Fsp3) is 0.545. The number of rotatable bonds is 3. The van der Waals surface area contributed by atoms with E-state index in [0.717, 1.165) is 30.9 Å². The van der Waals surface area contributed by atoms with E-state index < -0.39 is 11.9 Å². The van der Waals surface area contributed by atoms with Crippen molar-refractivity contribution in [2.45, 2.75) is 39.3 Å². The van der Waals surface area contributed by atoms with Gasteiger partial charge in [-0.3, -0.25) is 0 Å². The summed E-state index contributed by atoms with van der Waals surface area (Å²) in [5, 5.41) is 0. The van der Waals surface area contributed by atoms with Crippen LogP contribution in [0.5, 0.6) is 0 Å². The van der Waals surface area contributed by atoms with Crippen molar-refractivity contribution in [2.75, 3.05) is 0 Å². The molecule has 0 aliphatic heterocycles. The first-order valence-corrected chi connectivity index (χ1v) is 4.99. The monoisotopic (exact) mass is 217 g/mol. The van der Waals surface area contributed by atoms with Crippen molar-refractivity contribution in [3.63, 3.8) is 0 Å². The van der Waals surface area contributed by atoms with Crippen molar-refractivity contribution >= 4 is 0 Å². The number of unbranched alkanes of at least 4 members (excludes halogenated alkanes) is 1. The van der Waals surface area contributed by atoms with Crippen molar-refractivity contribution in [3.05, 3.63) is 29.1 Å². The van der Waals surface area contributed by atoms with Crippen LogP contribution >= 0.6 is 0 Å². The number of halogens is 3. The van der Waals surface area contributed by atoms with Crippen LogP contribution in [0.3, 0.4) is 0 Å². The Balaban J connectivity index is 2.88. The van der Waals surface area contributed by atoms with Crippen LogP contribution in [-0.2, 0) is 12.6 Å². The number of hydrogen-bond acceptors (Lipinski definition) is 1. The molecule has 0 radical (unpaired) electrons. The smallest absolute Gasteiger partial charge is 0.248 e. The Bertz CT molecular complexity index is 331. The summed E-state index contributed by atoms with van der Waals surface area (Å²) < 4.78 is 36.9. The van der Waals surface area contributed by atoms with Gasteiger partial charge in [0.25, 0.3) is 0 Å². The molecule has 0 saturated carbocycles. The lowest BCUT2D eigenvalue weighted by molar-refractivity contribution is -0.141. The first kappa shape index (κ1) is 12.0. The van der Waals surface area contributed by atoms with Crippen LogP contribution in [-0.4, -0.2) is 4.98 Å². The standard InChI is InChI=1S/C11H14F3N/c1-3-4-5-9-6-7-10(11(12,13)14)15-8(9)2/h6-7H,3-5H2,1-2H3. The fourth-order valence-corrected chi connectivity index (χ4v) is 1.38. The van der Waals surface area contributed by atoms with E-state index in [1.165, 1.54) is 6.07 Å². The van der Waals surface area contributed by atoms with Crippen LogP contribution in [0, 0.1) is 6.92 Å². The molecule has 0 aromatic carbocycles. The van der Waals surface area contributed by atoms with Gasteiger partial charge >= 0.3 is 6.18 Å². The molecule has 1 nitrogen and oxygen atoms in total. The van der Waals surface area contributed by atoms with Gasteiger partial charge in [-0.1, -0.05) is 19.4 Å². The van der Waals surface area contributed by atoms with Crippen LogP contribution < -0.4 is 0 Å². The van der Waals surface area contributed by atoms with Crippen LogP contribution in [0.15, 0.2) is 12.1 Å². The zero-order valence-corrected chi connectivity index (χ0v) is 8.86. The van der Waals surface area contributed by atoms with E-state index >= 15 is 0 Å². The quantitative estimate of drug-likeness (QED) is 0.751. The molecular formula is C11H14F3N. The summed E-state index contributed by atoms with van der Waals surface area (Å²) in [6, 6.07) is 2.58. The molecule has 4 heteroatoms. The van der Waals surface area contributed by atoms with E-state index in [4.69, 9.17) is 0 Å². The summed E-state index contributed by atoms with van der Waals surface area (Å²) in [6.45, 7) is 3.67. The van der Waals surface area contributed by atoms with Gasteiger partial charge in [-0.05, 0) is 31.4 Å². The number of aryl methyl sites for hydroxylation is 2. The van der Waals surface area contributed by atoms with Gasteiger partial charge in [0, 0.05) is 5.69 Å². The second-order valence-corrected chi connectivity index (χ2v) is 3.54. The Morgan fingerprint density at radius 3 is 2.40 bits per heavy atom. The van der Waals surface area contributed by atoms with Gasteiger partial charge in [0.05, 0.1) is 0 Å². The molecule has 1 aromatic heterocycles. The van der Waals surface area contributed by atoms with Gasteiger partial charge in [0.15, 0.2) is 0 Å². The highest BCUT2D eigenvalue weighted by molar-refractivity contribution is 5.23. The molecule has 1 aromatic rings. The molecule has 84 valence electrons. The minimum Gasteiger partial charge on any atom is -0.248 e. The number of alkyl halides is 3. The van der Waals surface area contributed by atoms with Crippen molar-refractivity contribution in [2.24, 2.45) is 0 Å². The van der Waals surface area contributed by atoms with Gasteiger partial charge < -0.3 is 0 Å². The van der Waals surface area contributed by atoms with Crippen molar-refractivity contribution in [1.82, 2.24) is 4.98 Å². The lowest BCUT2D eigenvalue weighted by atomic mass is 10.1. The molecule has 0 aliphatic carbocycles. The highest BCUT2D eigenvalue weighted by atomic mass is 19.4. The maximum atomic E-state index is 12.3. The normalized spacial score (nSPS) is 11.8. The molecule has 0 atom stereocenters. The number of hydrogen-bond donors (Lipinski definition) is 0. The minimum atomic E-state index is -4.34. The second kappa shape index (κ2) is 4.64. The Morgan fingerprint density at radius 1 is 1.27 bits per heavy atom. The Kier molecular flexibility index (Phi) is 3.72. The van der Waals surface area contributed by atoms with Gasteiger partial charge in [-0.25, -0.2) is 4.98 Å². The molecule has 0 bridgehead atoms. The third-order valence-electron chi connectivity index (χ3n) is 2.29. The zero-order chi connectivity index (χ0) is 11.5. The van der Waals surface area contributed by atoms with E-state index in [1.54, 1.807) is 6.92 Å². The summed E-state index contributed by atoms with van der Waals surface area (Å²) in [5.41, 5.74) is 0.586. The largest absolute Gasteiger partial charge is 0.433 e. The van der Waals surface area contributed by atoms with Gasteiger partial charge in [-0.15, -0.1) is 0 Å². The van der Waals surface area contributed by atoms with E-state index in [9.17, 15) is 13.2 Å². The highest BCUT2D eigenvalue weighted by Gasteiger charge is 2.32. The van der Waals surface area contributed by atoms with E-state index in [1.807, 2.05) is 6.92 Å². The molecule has 0 unspecified atom stereocenters. The average molecular weight is 217 g/mol. The minimum absolute atomic E-state index is 0.485.